The molecule has 25 heavy (non-hydrogen) atoms. The van der Waals surface area contributed by atoms with Gasteiger partial charge < -0.3 is 9.47 Å². The van der Waals surface area contributed by atoms with Gasteiger partial charge in [-0.2, -0.15) is 0 Å². The van der Waals surface area contributed by atoms with Gasteiger partial charge in [-0.1, -0.05) is 34.1 Å². The summed E-state index contributed by atoms with van der Waals surface area (Å²) in [6.07, 6.45) is 2.16. The quantitative estimate of drug-likeness (QED) is 0.309. The summed E-state index contributed by atoms with van der Waals surface area (Å²) in [6, 6.07) is 7.03. The fourth-order valence-corrected chi connectivity index (χ4v) is 3.71. The highest BCUT2D eigenvalue weighted by Gasteiger charge is 2.56. The van der Waals surface area contributed by atoms with Crippen molar-refractivity contribution in [1.82, 2.24) is 0 Å². The van der Waals surface area contributed by atoms with Crippen LogP contribution in [0.3, 0.4) is 0 Å². The molecular formula is C20H25BrO4. The van der Waals surface area contributed by atoms with Gasteiger partial charge in [0.2, 0.25) is 0 Å². The fraction of sp³-hybridized carbons (Fsp3) is 0.500. The van der Waals surface area contributed by atoms with Gasteiger partial charge in [0.15, 0.2) is 5.78 Å². The van der Waals surface area contributed by atoms with Crippen LogP contribution in [0, 0.1) is 11.3 Å². The molecule has 1 saturated carbocycles. The maximum atomic E-state index is 13.2. The van der Waals surface area contributed by atoms with Gasteiger partial charge in [0, 0.05) is 16.0 Å². The SMILES string of the molecule is C=C[C@H]1CC(C(=O)OC)(C(=O)c2ccc(Br)cc2)C[C@@H]1OC(C)(C)C. The number of rotatable bonds is 5. The predicted octanol–water partition coefficient (Wildman–Crippen LogP) is 4.57. The highest BCUT2D eigenvalue weighted by Crippen LogP contribution is 2.48. The number of carbonyl (C=O) groups is 2. The molecule has 0 aromatic heterocycles. The largest absolute Gasteiger partial charge is 0.468 e. The van der Waals surface area contributed by atoms with Gasteiger partial charge in [-0.3, -0.25) is 9.59 Å². The van der Waals surface area contributed by atoms with Crippen LogP contribution < -0.4 is 0 Å². The molecule has 0 bridgehead atoms. The molecular weight excluding hydrogens is 384 g/mol. The second kappa shape index (κ2) is 7.42. The molecule has 1 fully saturated rings. The minimum absolute atomic E-state index is 0.0854. The number of hydrogen-bond acceptors (Lipinski definition) is 4. The van der Waals surface area contributed by atoms with Crippen LogP contribution in [-0.4, -0.2) is 30.6 Å². The van der Waals surface area contributed by atoms with Crippen LogP contribution in [0.5, 0.6) is 0 Å². The normalized spacial score (nSPS) is 26.3. The Morgan fingerprint density at radius 2 is 1.84 bits per heavy atom. The summed E-state index contributed by atoms with van der Waals surface area (Å²) in [5.41, 5.74) is -1.12. The van der Waals surface area contributed by atoms with E-state index in [-0.39, 0.29) is 23.4 Å². The molecule has 2 rings (SSSR count). The molecule has 5 heteroatoms. The zero-order valence-corrected chi connectivity index (χ0v) is 16.8. The Balaban J connectivity index is 2.42. The Hall–Kier alpha value is -1.46. The van der Waals surface area contributed by atoms with Gasteiger partial charge in [-0.25, -0.2) is 0 Å². The number of hydrogen-bond donors (Lipinski definition) is 0. The third kappa shape index (κ3) is 4.21. The van der Waals surface area contributed by atoms with E-state index in [1.807, 2.05) is 20.8 Å². The van der Waals surface area contributed by atoms with Crippen molar-refractivity contribution >= 4 is 27.7 Å². The van der Waals surface area contributed by atoms with E-state index in [4.69, 9.17) is 9.47 Å². The van der Waals surface area contributed by atoms with Crippen molar-refractivity contribution in [2.75, 3.05) is 7.11 Å². The second-order valence-electron chi connectivity index (χ2n) is 7.49. The predicted molar refractivity (Wildman–Crippen MR) is 100 cm³/mol. The average Bonchev–Trinajstić information content (AvgIpc) is 2.92. The molecule has 0 aliphatic heterocycles. The minimum Gasteiger partial charge on any atom is -0.468 e. The first-order chi connectivity index (χ1) is 11.6. The van der Waals surface area contributed by atoms with E-state index in [1.165, 1.54) is 7.11 Å². The molecule has 1 unspecified atom stereocenters. The Morgan fingerprint density at radius 3 is 2.32 bits per heavy atom. The molecule has 0 spiro atoms. The number of benzene rings is 1. The van der Waals surface area contributed by atoms with Crippen LogP contribution in [0.25, 0.3) is 0 Å². The first kappa shape index (κ1) is 19.9. The van der Waals surface area contributed by atoms with Crippen molar-refractivity contribution in [3.05, 3.63) is 47.0 Å². The lowest BCUT2D eigenvalue weighted by Gasteiger charge is -2.28. The first-order valence-corrected chi connectivity index (χ1v) is 9.11. The minimum atomic E-state index is -1.24. The van der Waals surface area contributed by atoms with Gasteiger partial charge in [0.25, 0.3) is 0 Å². The van der Waals surface area contributed by atoms with Gasteiger partial charge in [0.1, 0.15) is 5.41 Å². The zero-order chi connectivity index (χ0) is 18.8. The van der Waals surface area contributed by atoms with Crippen molar-refractivity contribution in [2.45, 2.75) is 45.3 Å². The molecule has 1 aromatic rings. The molecule has 1 aliphatic rings. The summed E-state index contributed by atoms with van der Waals surface area (Å²) in [6.45, 7) is 9.75. The van der Waals surface area contributed by atoms with E-state index in [1.54, 1.807) is 30.3 Å². The highest BCUT2D eigenvalue weighted by molar-refractivity contribution is 9.10. The molecule has 1 aliphatic carbocycles. The van der Waals surface area contributed by atoms with Crippen LogP contribution in [0.4, 0.5) is 0 Å². The Bertz CT molecular complexity index is 659. The second-order valence-corrected chi connectivity index (χ2v) is 8.40. The summed E-state index contributed by atoms with van der Waals surface area (Å²) in [7, 11) is 1.32. The number of ketones is 1. The van der Waals surface area contributed by atoms with E-state index in [0.717, 1.165) is 4.47 Å². The molecule has 0 N–H and O–H groups in total. The lowest BCUT2D eigenvalue weighted by molar-refractivity contribution is -0.150. The van der Waals surface area contributed by atoms with Crippen LogP contribution >= 0.6 is 15.9 Å². The van der Waals surface area contributed by atoms with E-state index < -0.39 is 11.4 Å². The van der Waals surface area contributed by atoms with Gasteiger partial charge in [0.05, 0.1) is 18.8 Å². The van der Waals surface area contributed by atoms with E-state index >= 15 is 0 Å². The Labute approximate surface area is 157 Å². The average molecular weight is 409 g/mol. The first-order valence-electron chi connectivity index (χ1n) is 8.32. The van der Waals surface area contributed by atoms with Gasteiger partial charge in [-0.15, -0.1) is 6.58 Å². The number of esters is 1. The fourth-order valence-electron chi connectivity index (χ4n) is 3.45. The van der Waals surface area contributed by atoms with Gasteiger partial charge >= 0.3 is 5.97 Å². The number of ether oxygens (including phenoxy) is 2. The number of halogens is 1. The van der Waals surface area contributed by atoms with E-state index in [9.17, 15) is 9.59 Å². The molecule has 1 aromatic carbocycles. The molecule has 136 valence electrons. The Morgan fingerprint density at radius 1 is 1.24 bits per heavy atom. The van der Waals surface area contributed by atoms with Crippen molar-refractivity contribution < 1.29 is 19.1 Å². The molecule has 0 heterocycles. The van der Waals surface area contributed by atoms with Crippen LogP contribution in [-0.2, 0) is 14.3 Å². The summed E-state index contributed by atoms with van der Waals surface area (Å²) >= 11 is 3.36. The third-order valence-electron chi connectivity index (χ3n) is 4.54. The summed E-state index contributed by atoms with van der Waals surface area (Å²) < 4.78 is 12.0. The standard InChI is InChI=1S/C20H25BrO4/c1-6-13-11-20(18(23)24-5,12-16(13)25-19(2,3)4)17(22)14-7-9-15(21)10-8-14/h6-10,13,16H,1,11-12H2,2-5H3/t13-,16-,20?/m0/s1. The number of carbonyl (C=O) groups excluding carboxylic acids is 2. The number of methoxy groups -OCH3 is 1. The van der Waals surface area contributed by atoms with E-state index in [2.05, 4.69) is 22.5 Å². The molecule has 0 radical (unpaired) electrons. The lowest BCUT2D eigenvalue weighted by Crippen LogP contribution is -2.39. The van der Waals surface area contributed by atoms with E-state index in [0.29, 0.717) is 18.4 Å². The molecule has 4 nitrogen and oxygen atoms in total. The van der Waals surface area contributed by atoms with Crippen molar-refractivity contribution in [2.24, 2.45) is 11.3 Å². The van der Waals surface area contributed by atoms with Gasteiger partial charge in [-0.05, 0) is 45.7 Å². The maximum Gasteiger partial charge on any atom is 0.319 e. The molecule has 0 amide bonds. The monoisotopic (exact) mass is 408 g/mol. The lowest BCUT2D eigenvalue weighted by atomic mass is 9.78. The third-order valence-corrected chi connectivity index (χ3v) is 5.06. The van der Waals surface area contributed by atoms with Crippen molar-refractivity contribution in [3.8, 4) is 0 Å². The zero-order valence-electron chi connectivity index (χ0n) is 15.2. The highest BCUT2D eigenvalue weighted by atomic mass is 79.9. The van der Waals surface area contributed by atoms with Crippen LogP contribution in [0.2, 0.25) is 0 Å². The molecule has 3 atom stereocenters. The van der Waals surface area contributed by atoms with Crippen molar-refractivity contribution in [1.29, 1.82) is 0 Å². The maximum absolute atomic E-state index is 13.2. The smallest absolute Gasteiger partial charge is 0.319 e. The van der Waals surface area contributed by atoms with Crippen LogP contribution in [0.1, 0.15) is 44.0 Å². The Kier molecular flexibility index (Phi) is 5.89. The topological polar surface area (TPSA) is 52.6 Å². The summed E-state index contributed by atoms with van der Waals surface area (Å²) in [4.78, 5) is 25.9. The van der Waals surface area contributed by atoms with Crippen LogP contribution in [0.15, 0.2) is 41.4 Å². The summed E-state index contributed by atoms with van der Waals surface area (Å²) in [5, 5.41) is 0. The summed E-state index contributed by atoms with van der Waals surface area (Å²) in [5.74, 6) is -0.816. The molecule has 0 saturated heterocycles. The van der Waals surface area contributed by atoms with Crippen molar-refractivity contribution in [3.63, 3.8) is 0 Å². The number of Topliss-reactive ketones (excluding diaryl/α,β-unsaturated/α-hetero) is 1.